The molecule has 4 heteroatoms. The van der Waals surface area contributed by atoms with Gasteiger partial charge < -0.3 is 4.57 Å². The minimum atomic E-state index is -0.173. The van der Waals surface area contributed by atoms with Gasteiger partial charge >= 0.3 is 0 Å². The van der Waals surface area contributed by atoms with E-state index in [1.54, 1.807) is 7.05 Å². The standard InChI is InChI=1S/C36H28N4/c1-36(2)29-14-8-5-11-23(29)27-19-20-28-26-18-17-22(21-32(26)40(34(28)33(27)36)35(37-3)38-4)39-30-15-9-6-12-24(30)25-13-7-10-16-31(25)39/h5-21H,3H2,1-2,4H3. The van der Waals surface area contributed by atoms with Crippen molar-refractivity contribution in [3.05, 3.63) is 114 Å². The van der Waals surface area contributed by atoms with Crippen LogP contribution >= 0.6 is 0 Å². The summed E-state index contributed by atoms with van der Waals surface area (Å²) in [6.07, 6.45) is 0. The molecule has 1 aliphatic rings. The maximum atomic E-state index is 4.61. The van der Waals surface area contributed by atoms with E-state index in [-0.39, 0.29) is 5.41 Å². The monoisotopic (exact) mass is 516 g/mol. The van der Waals surface area contributed by atoms with Gasteiger partial charge in [0.25, 0.3) is 0 Å². The number of hydrogen-bond acceptors (Lipinski definition) is 1. The third-order valence-corrected chi connectivity index (χ3v) is 8.81. The Balaban J connectivity index is 1.52. The normalized spacial score (nSPS) is 14.3. The minimum Gasteiger partial charge on any atom is -0.309 e. The van der Waals surface area contributed by atoms with Crippen molar-refractivity contribution < 1.29 is 0 Å². The summed E-state index contributed by atoms with van der Waals surface area (Å²) in [5.41, 5.74) is 10.8. The molecule has 8 rings (SSSR count). The van der Waals surface area contributed by atoms with Crippen LogP contribution in [0.15, 0.2) is 113 Å². The molecule has 192 valence electrons. The van der Waals surface area contributed by atoms with Crippen molar-refractivity contribution in [1.82, 2.24) is 9.13 Å². The largest absolute Gasteiger partial charge is 0.309 e. The zero-order valence-electron chi connectivity index (χ0n) is 22.8. The van der Waals surface area contributed by atoms with E-state index in [1.165, 1.54) is 54.8 Å². The smallest absolute Gasteiger partial charge is 0.229 e. The number of aliphatic imine (C=N–C) groups is 2. The lowest BCUT2D eigenvalue weighted by atomic mass is 9.81. The Morgan fingerprint density at radius 1 is 0.675 bits per heavy atom. The summed E-state index contributed by atoms with van der Waals surface area (Å²) in [5, 5.41) is 4.88. The van der Waals surface area contributed by atoms with Crippen molar-refractivity contribution in [3.63, 3.8) is 0 Å². The van der Waals surface area contributed by atoms with E-state index in [4.69, 9.17) is 0 Å². The van der Waals surface area contributed by atoms with Gasteiger partial charge in [0.05, 0.1) is 22.1 Å². The topological polar surface area (TPSA) is 34.6 Å². The van der Waals surface area contributed by atoms with Crippen LogP contribution in [0, 0.1) is 0 Å². The molecule has 0 bridgehead atoms. The van der Waals surface area contributed by atoms with Crippen LogP contribution in [0.25, 0.3) is 60.4 Å². The Morgan fingerprint density at radius 2 is 1.30 bits per heavy atom. The summed E-state index contributed by atoms with van der Waals surface area (Å²) < 4.78 is 4.59. The summed E-state index contributed by atoms with van der Waals surface area (Å²) in [6, 6.07) is 37.4. The van der Waals surface area contributed by atoms with Crippen molar-refractivity contribution >= 4 is 56.3 Å². The first-order valence-corrected chi connectivity index (χ1v) is 13.7. The Bertz CT molecular complexity index is 2170. The number of benzene rings is 5. The average molecular weight is 517 g/mol. The highest BCUT2D eigenvalue weighted by Gasteiger charge is 2.38. The molecule has 0 radical (unpaired) electrons. The van der Waals surface area contributed by atoms with Crippen molar-refractivity contribution in [2.45, 2.75) is 19.3 Å². The third-order valence-electron chi connectivity index (χ3n) is 8.81. The highest BCUT2D eigenvalue weighted by Crippen LogP contribution is 2.52. The molecule has 0 amide bonds. The lowest BCUT2D eigenvalue weighted by molar-refractivity contribution is 0.664. The molecular formula is C36H28N4. The molecular weight excluding hydrogens is 488 g/mol. The van der Waals surface area contributed by atoms with Gasteiger partial charge in [-0.05, 0) is 53.2 Å². The van der Waals surface area contributed by atoms with Gasteiger partial charge in [-0.15, -0.1) is 0 Å². The van der Waals surface area contributed by atoms with Crippen LogP contribution in [0.1, 0.15) is 25.0 Å². The molecule has 0 spiro atoms. The second kappa shape index (κ2) is 8.03. The van der Waals surface area contributed by atoms with Crippen molar-refractivity contribution in [1.29, 1.82) is 0 Å². The van der Waals surface area contributed by atoms with E-state index in [0.717, 1.165) is 16.7 Å². The van der Waals surface area contributed by atoms with Crippen molar-refractivity contribution in [3.8, 4) is 16.8 Å². The molecule has 2 heterocycles. The van der Waals surface area contributed by atoms with Gasteiger partial charge in [-0.25, -0.2) is 4.99 Å². The molecule has 4 nitrogen and oxygen atoms in total. The summed E-state index contributed by atoms with van der Waals surface area (Å²) in [4.78, 5) is 9.03. The summed E-state index contributed by atoms with van der Waals surface area (Å²) in [7, 11) is 1.79. The summed E-state index contributed by atoms with van der Waals surface area (Å²) >= 11 is 0. The SMILES string of the molecule is C=NC(=NC)n1c2cc(-n3c4ccccc4c4ccccc43)ccc2c2ccc3c(c21)C(C)(C)c1ccccc1-3. The molecule has 5 aromatic carbocycles. The van der Waals surface area contributed by atoms with Crippen LogP contribution in [-0.2, 0) is 5.41 Å². The molecule has 40 heavy (non-hydrogen) atoms. The highest BCUT2D eigenvalue weighted by molar-refractivity contribution is 6.18. The van der Waals surface area contributed by atoms with E-state index in [9.17, 15) is 0 Å². The van der Waals surface area contributed by atoms with Crippen LogP contribution in [0.4, 0.5) is 0 Å². The minimum absolute atomic E-state index is 0.173. The summed E-state index contributed by atoms with van der Waals surface area (Å²) in [5.74, 6) is 0.597. The number of para-hydroxylation sites is 2. The number of hydrogen-bond donors (Lipinski definition) is 0. The molecule has 0 unspecified atom stereocenters. The molecule has 0 saturated heterocycles. The number of fused-ring (bicyclic) bond motifs is 10. The lowest BCUT2D eigenvalue weighted by Crippen LogP contribution is -2.18. The van der Waals surface area contributed by atoms with Crippen LogP contribution in [-0.4, -0.2) is 28.9 Å². The van der Waals surface area contributed by atoms with E-state index < -0.39 is 0 Å². The van der Waals surface area contributed by atoms with Gasteiger partial charge in [0.1, 0.15) is 0 Å². The first-order valence-electron chi connectivity index (χ1n) is 13.7. The second-order valence-corrected chi connectivity index (χ2v) is 11.1. The van der Waals surface area contributed by atoms with Gasteiger partial charge in [-0.3, -0.25) is 9.56 Å². The Kier molecular flexibility index (Phi) is 4.61. The predicted molar refractivity (Wildman–Crippen MR) is 170 cm³/mol. The van der Waals surface area contributed by atoms with E-state index in [0.29, 0.717) is 5.96 Å². The van der Waals surface area contributed by atoms with E-state index >= 15 is 0 Å². The third kappa shape index (κ3) is 2.80. The Hall–Kier alpha value is -4.96. The lowest BCUT2D eigenvalue weighted by Gasteiger charge is -2.23. The summed E-state index contributed by atoms with van der Waals surface area (Å²) in [6.45, 7) is 8.57. The Labute approximate surface area is 232 Å². The molecule has 0 atom stereocenters. The fourth-order valence-corrected chi connectivity index (χ4v) is 7.14. The van der Waals surface area contributed by atoms with E-state index in [2.05, 4.69) is 143 Å². The van der Waals surface area contributed by atoms with Gasteiger partial charge in [-0.1, -0.05) is 92.7 Å². The zero-order valence-corrected chi connectivity index (χ0v) is 22.8. The zero-order chi connectivity index (χ0) is 27.2. The Morgan fingerprint density at radius 3 is 2.00 bits per heavy atom. The molecule has 2 aromatic heterocycles. The fourth-order valence-electron chi connectivity index (χ4n) is 7.14. The number of nitrogens with zero attached hydrogens (tertiary/aromatic N) is 4. The van der Waals surface area contributed by atoms with Gasteiger partial charge in [-0.2, -0.15) is 0 Å². The van der Waals surface area contributed by atoms with Gasteiger partial charge in [0, 0.05) is 39.7 Å². The second-order valence-electron chi connectivity index (χ2n) is 11.1. The van der Waals surface area contributed by atoms with Crippen LogP contribution in [0.5, 0.6) is 0 Å². The molecule has 0 aliphatic heterocycles. The first kappa shape index (κ1) is 23.0. The number of rotatable bonds is 1. The maximum Gasteiger partial charge on any atom is 0.229 e. The van der Waals surface area contributed by atoms with Crippen LogP contribution in [0.3, 0.4) is 0 Å². The van der Waals surface area contributed by atoms with Gasteiger partial charge in [0.15, 0.2) is 0 Å². The fraction of sp³-hybridized carbons (Fsp3) is 0.111. The average Bonchev–Trinajstić information content (AvgIpc) is 3.58. The molecule has 0 saturated carbocycles. The van der Waals surface area contributed by atoms with Crippen LogP contribution < -0.4 is 0 Å². The number of aromatic nitrogens is 2. The molecule has 7 aromatic rings. The van der Waals surface area contributed by atoms with E-state index in [1.807, 2.05) is 0 Å². The van der Waals surface area contributed by atoms with Crippen molar-refractivity contribution in [2.75, 3.05) is 7.05 Å². The maximum absolute atomic E-state index is 4.61. The molecule has 0 N–H and O–H groups in total. The highest BCUT2D eigenvalue weighted by atomic mass is 15.2. The molecule has 1 aliphatic carbocycles. The van der Waals surface area contributed by atoms with Crippen molar-refractivity contribution in [2.24, 2.45) is 9.98 Å². The van der Waals surface area contributed by atoms with Crippen LogP contribution in [0.2, 0.25) is 0 Å². The first-order chi connectivity index (χ1) is 19.5. The predicted octanol–water partition coefficient (Wildman–Crippen LogP) is 8.73. The van der Waals surface area contributed by atoms with Gasteiger partial charge in [0.2, 0.25) is 5.96 Å². The quantitative estimate of drug-likeness (QED) is 0.154. The molecule has 0 fully saturated rings.